The van der Waals surface area contributed by atoms with Crippen LogP contribution in [0.15, 0.2) is 30.6 Å². The van der Waals surface area contributed by atoms with E-state index in [9.17, 15) is 5.11 Å². The van der Waals surface area contributed by atoms with Crippen LogP contribution < -0.4 is 4.90 Å². The van der Waals surface area contributed by atoms with E-state index in [1.165, 1.54) is 0 Å². The van der Waals surface area contributed by atoms with Gasteiger partial charge in [-0.25, -0.2) is 9.97 Å². The molecule has 1 fully saturated rings. The number of ether oxygens (including phenoxy) is 1. The fourth-order valence-corrected chi connectivity index (χ4v) is 2.44. The first-order chi connectivity index (χ1) is 9.29. The Morgan fingerprint density at radius 1 is 1.37 bits per heavy atom. The number of para-hydroxylation sites is 1. The average molecular weight is 259 g/mol. The molecule has 1 aromatic heterocycles. The zero-order chi connectivity index (χ0) is 13.2. The average Bonchev–Trinajstić information content (AvgIpc) is 2.47. The molecule has 1 saturated heterocycles. The highest BCUT2D eigenvalue weighted by atomic mass is 16.5. The summed E-state index contributed by atoms with van der Waals surface area (Å²) in [5.74, 6) is 0.917. The molecule has 0 spiro atoms. The lowest BCUT2D eigenvalue weighted by molar-refractivity contribution is -0.0104. The number of anilines is 1. The second kappa shape index (κ2) is 5.11. The van der Waals surface area contributed by atoms with Crippen LogP contribution in [0.4, 0.5) is 5.82 Å². The highest BCUT2D eigenvalue weighted by Crippen LogP contribution is 2.26. The number of rotatable bonds is 2. The molecular formula is C14H17N3O2. The summed E-state index contributed by atoms with van der Waals surface area (Å²) in [5.41, 5.74) is 0.937. The van der Waals surface area contributed by atoms with Crippen LogP contribution in [-0.2, 0) is 4.74 Å². The second-order valence-corrected chi connectivity index (χ2v) is 4.85. The van der Waals surface area contributed by atoms with E-state index >= 15 is 0 Å². The number of hydrogen-bond acceptors (Lipinski definition) is 5. The van der Waals surface area contributed by atoms with Crippen molar-refractivity contribution in [2.24, 2.45) is 0 Å². The van der Waals surface area contributed by atoms with E-state index in [0.29, 0.717) is 13.2 Å². The van der Waals surface area contributed by atoms with Crippen molar-refractivity contribution in [2.75, 3.05) is 24.7 Å². The van der Waals surface area contributed by atoms with Crippen molar-refractivity contribution in [3.8, 4) is 0 Å². The summed E-state index contributed by atoms with van der Waals surface area (Å²) in [6, 6.07) is 8.21. The highest BCUT2D eigenvalue weighted by Gasteiger charge is 2.27. The molecule has 1 aromatic carbocycles. The van der Waals surface area contributed by atoms with Crippen LogP contribution in [0.25, 0.3) is 10.9 Å². The molecular weight excluding hydrogens is 242 g/mol. The minimum atomic E-state index is -0.148. The van der Waals surface area contributed by atoms with Crippen molar-refractivity contribution in [3.63, 3.8) is 0 Å². The molecule has 2 heterocycles. The Labute approximate surface area is 111 Å². The SMILES string of the molecule is CC1COC(CO)CN1c1ncnc2ccccc12. The highest BCUT2D eigenvalue weighted by molar-refractivity contribution is 5.89. The van der Waals surface area contributed by atoms with Crippen molar-refractivity contribution in [1.29, 1.82) is 0 Å². The van der Waals surface area contributed by atoms with Crippen molar-refractivity contribution in [1.82, 2.24) is 9.97 Å². The lowest BCUT2D eigenvalue weighted by Crippen LogP contribution is -2.50. The van der Waals surface area contributed by atoms with Gasteiger partial charge < -0.3 is 14.7 Å². The number of aromatic nitrogens is 2. The molecule has 19 heavy (non-hydrogen) atoms. The summed E-state index contributed by atoms with van der Waals surface area (Å²) < 4.78 is 5.57. The smallest absolute Gasteiger partial charge is 0.140 e. The number of hydrogen-bond donors (Lipinski definition) is 1. The summed E-state index contributed by atoms with van der Waals surface area (Å²) in [4.78, 5) is 10.9. The van der Waals surface area contributed by atoms with Crippen molar-refractivity contribution >= 4 is 16.7 Å². The number of aliphatic hydroxyl groups excluding tert-OH is 1. The third kappa shape index (κ3) is 2.27. The van der Waals surface area contributed by atoms with Gasteiger partial charge in [-0.15, -0.1) is 0 Å². The monoisotopic (exact) mass is 259 g/mol. The third-order valence-corrected chi connectivity index (χ3v) is 3.50. The molecule has 1 aliphatic rings. The maximum absolute atomic E-state index is 9.27. The minimum absolute atomic E-state index is 0.0340. The molecule has 100 valence electrons. The Balaban J connectivity index is 2.02. The van der Waals surface area contributed by atoms with Crippen LogP contribution in [0.1, 0.15) is 6.92 Å². The number of nitrogens with zero attached hydrogens (tertiary/aromatic N) is 3. The molecule has 2 unspecified atom stereocenters. The van der Waals surface area contributed by atoms with Crippen LogP contribution in [-0.4, -0.2) is 47.0 Å². The molecule has 0 bridgehead atoms. The fraction of sp³-hybridized carbons (Fsp3) is 0.429. The normalized spacial score (nSPS) is 23.8. The molecule has 3 rings (SSSR count). The van der Waals surface area contributed by atoms with Crippen molar-refractivity contribution < 1.29 is 9.84 Å². The topological polar surface area (TPSA) is 58.5 Å². The molecule has 5 nitrogen and oxygen atoms in total. The Morgan fingerprint density at radius 2 is 2.21 bits per heavy atom. The second-order valence-electron chi connectivity index (χ2n) is 4.85. The van der Waals surface area contributed by atoms with E-state index in [1.54, 1.807) is 6.33 Å². The lowest BCUT2D eigenvalue weighted by Gasteiger charge is -2.38. The van der Waals surface area contributed by atoms with E-state index in [1.807, 2.05) is 24.3 Å². The van der Waals surface area contributed by atoms with Gasteiger partial charge in [-0.05, 0) is 19.1 Å². The van der Waals surface area contributed by atoms with Gasteiger partial charge in [-0.1, -0.05) is 12.1 Å². The lowest BCUT2D eigenvalue weighted by atomic mass is 10.1. The van der Waals surface area contributed by atoms with Gasteiger partial charge in [0.15, 0.2) is 0 Å². The molecule has 0 radical (unpaired) electrons. The molecule has 0 amide bonds. The first-order valence-electron chi connectivity index (χ1n) is 6.48. The van der Waals surface area contributed by atoms with Gasteiger partial charge in [0.2, 0.25) is 0 Å². The summed E-state index contributed by atoms with van der Waals surface area (Å²) >= 11 is 0. The van der Waals surface area contributed by atoms with Gasteiger partial charge in [0.1, 0.15) is 12.1 Å². The maximum Gasteiger partial charge on any atom is 0.140 e. The number of morpholine rings is 1. The van der Waals surface area contributed by atoms with E-state index in [-0.39, 0.29) is 18.8 Å². The van der Waals surface area contributed by atoms with Gasteiger partial charge in [0.05, 0.1) is 30.9 Å². The molecule has 0 saturated carbocycles. The van der Waals surface area contributed by atoms with Crippen LogP contribution in [0.5, 0.6) is 0 Å². The first-order valence-corrected chi connectivity index (χ1v) is 6.48. The number of fused-ring (bicyclic) bond motifs is 1. The zero-order valence-corrected chi connectivity index (χ0v) is 10.9. The van der Waals surface area contributed by atoms with Gasteiger partial charge in [0, 0.05) is 11.9 Å². The summed E-state index contributed by atoms with van der Waals surface area (Å²) in [6.45, 7) is 3.39. The van der Waals surface area contributed by atoms with Gasteiger partial charge in [0.25, 0.3) is 0 Å². The van der Waals surface area contributed by atoms with E-state index < -0.39 is 0 Å². The summed E-state index contributed by atoms with van der Waals surface area (Å²) in [7, 11) is 0. The van der Waals surface area contributed by atoms with Gasteiger partial charge >= 0.3 is 0 Å². The molecule has 0 aliphatic carbocycles. The van der Waals surface area contributed by atoms with Crippen LogP contribution >= 0.6 is 0 Å². The Bertz CT molecular complexity index is 570. The predicted molar refractivity (Wildman–Crippen MR) is 73.2 cm³/mol. The fourth-order valence-electron chi connectivity index (χ4n) is 2.44. The van der Waals surface area contributed by atoms with E-state index in [2.05, 4.69) is 21.8 Å². The zero-order valence-electron chi connectivity index (χ0n) is 10.9. The van der Waals surface area contributed by atoms with Gasteiger partial charge in [-0.2, -0.15) is 0 Å². The molecule has 2 atom stereocenters. The maximum atomic E-state index is 9.27. The third-order valence-electron chi connectivity index (χ3n) is 3.50. The summed E-state index contributed by atoms with van der Waals surface area (Å²) in [6.07, 6.45) is 1.44. The first kappa shape index (κ1) is 12.3. The van der Waals surface area contributed by atoms with Crippen LogP contribution in [0.3, 0.4) is 0 Å². The van der Waals surface area contributed by atoms with Crippen molar-refractivity contribution in [3.05, 3.63) is 30.6 Å². The Hall–Kier alpha value is -1.72. The quantitative estimate of drug-likeness (QED) is 0.878. The minimum Gasteiger partial charge on any atom is -0.394 e. The van der Waals surface area contributed by atoms with E-state index in [0.717, 1.165) is 16.7 Å². The van der Waals surface area contributed by atoms with E-state index in [4.69, 9.17) is 4.74 Å². The summed E-state index contributed by atoms with van der Waals surface area (Å²) in [5, 5.41) is 10.3. The molecule has 1 aliphatic heterocycles. The van der Waals surface area contributed by atoms with Crippen LogP contribution in [0.2, 0.25) is 0 Å². The Morgan fingerprint density at radius 3 is 3.05 bits per heavy atom. The molecule has 5 heteroatoms. The van der Waals surface area contributed by atoms with Crippen LogP contribution in [0, 0.1) is 0 Å². The van der Waals surface area contributed by atoms with Gasteiger partial charge in [-0.3, -0.25) is 0 Å². The number of aliphatic hydroxyl groups is 1. The number of benzene rings is 1. The standard InChI is InChI=1S/C14H17N3O2/c1-10-8-19-11(7-18)6-17(10)14-12-4-2-3-5-13(12)15-9-16-14/h2-5,9-11,18H,6-8H2,1H3. The van der Waals surface area contributed by atoms with Crippen molar-refractivity contribution in [2.45, 2.75) is 19.1 Å². The largest absolute Gasteiger partial charge is 0.394 e. The Kier molecular flexibility index (Phi) is 3.31. The predicted octanol–water partition coefficient (Wildman–Crippen LogP) is 1.22. The molecule has 1 N–H and O–H groups in total. The molecule has 2 aromatic rings.